The van der Waals surface area contributed by atoms with Gasteiger partial charge < -0.3 is 14.2 Å². The van der Waals surface area contributed by atoms with E-state index < -0.39 is 0 Å². The van der Waals surface area contributed by atoms with Crippen molar-refractivity contribution in [2.24, 2.45) is 0 Å². The molecule has 0 amide bonds. The molecule has 0 spiro atoms. The summed E-state index contributed by atoms with van der Waals surface area (Å²) in [5.41, 5.74) is 1.11. The Labute approximate surface area is 76.9 Å². The Balaban J connectivity index is 2.18. The highest BCUT2D eigenvalue weighted by molar-refractivity contribution is 5.08. The van der Waals surface area contributed by atoms with Crippen LogP contribution in [0.5, 0.6) is 0 Å². The predicted molar refractivity (Wildman–Crippen MR) is 50.2 cm³/mol. The van der Waals surface area contributed by atoms with Gasteiger partial charge in [-0.1, -0.05) is 0 Å². The number of aromatic nitrogens is 2. The van der Waals surface area contributed by atoms with Gasteiger partial charge in [0.2, 0.25) is 0 Å². The number of hydrogen-bond donors (Lipinski definition) is 1. The Hall–Kier alpha value is -1.48. The fraction of sp³-hybridized carbons (Fsp3) is 0.200. The predicted octanol–water partition coefficient (Wildman–Crippen LogP) is 1.29. The number of hydrogen-bond acceptors (Lipinski definition) is 1. The summed E-state index contributed by atoms with van der Waals surface area (Å²) in [4.78, 5) is 0. The van der Waals surface area contributed by atoms with Crippen LogP contribution in [0.1, 0.15) is 5.69 Å². The third-order valence-electron chi connectivity index (χ3n) is 2.09. The molecule has 2 heterocycles. The van der Waals surface area contributed by atoms with Gasteiger partial charge in [0.15, 0.2) is 0 Å². The summed E-state index contributed by atoms with van der Waals surface area (Å²) in [7, 11) is 0. The summed E-state index contributed by atoms with van der Waals surface area (Å²) in [5, 5.41) is 8.99. The average Bonchev–Trinajstić information content (AvgIpc) is 2.76. The lowest BCUT2D eigenvalue weighted by atomic mass is 10.4. The van der Waals surface area contributed by atoms with E-state index in [0.717, 1.165) is 12.2 Å². The van der Waals surface area contributed by atoms with Crippen LogP contribution in [0.25, 0.3) is 0 Å². The van der Waals surface area contributed by atoms with Crippen LogP contribution >= 0.6 is 0 Å². The van der Waals surface area contributed by atoms with Crippen molar-refractivity contribution in [1.29, 1.82) is 0 Å². The third-order valence-corrected chi connectivity index (χ3v) is 2.09. The van der Waals surface area contributed by atoms with Gasteiger partial charge >= 0.3 is 0 Å². The van der Waals surface area contributed by atoms with Gasteiger partial charge in [0.05, 0.1) is 6.54 Å². The summed E-state index contributed by atoms with van der Waals surface area (Å²) < 4.78 is 3.89. The van der Waals surface area contributed by atoms with Crippen LogP contribution in [0.15, 0.2) is 42.9 Å². The van der Waals surface area contributed by atoms with E-state index >= 15 is 0 Å². The molecule has 2 aromatic heterocycles. The lowest BCUT2D eigenvalue weighted by Gasteiger charge is -2.06. The van der Waals surface area contributed by atoms with E-state index in [0.29, 0.717) is 0 Å². The van der Waals surface area contributed by atoms with Gasteiger partial charge in [0.25, 0.3) is 0 Å². The summed E-state index contributed by atoms with van der Waals surface area (Å²) >= 11 is 0. The molecule has 3 heteroatoms. The van der Waals surface area contributed by atoms with Crippen molar-refractivity contribution in [3.8, 4) is 0 Å². The minimum Gasteiger partial charge on any atom is -0.376 e. The molecule has 68 valence electrons. The molecule has 0 saturated carbocycles. The van der Waals surface area contributed by atoms with Crippen LogP contribution in [-0.2, 0) is 13.3 Å². The fourth-order valence-corrected chi connectivity index (χ4v) is 1.39. The molecule has 0 radical (unpaired) electrons. The van der Waals surface area contributed by atoms with Gasteiger partial charge in [-0.25, -0.2) is 0 Å². The third kappa shape index (κ3) is 1.65. The van der Waals surface area contributed by atoms with E-state index in [1.807, 2.05) is 47.4 Å². The first-order chi connectivity index (χ1) is 6.40. The molecule has 0 aliphatic carbocycles. The Morgan fingerprint density at radius 3 is 2.54 bits per heavy atom. The average molecular weight is 176 g/mol. The van der Waals surface area contributed by atoms with Crippen LogP contribution < -0.4 is 0 Å². The summed E-state index contributed by atoms with van der Waals surface area (Å²) in [6.45, 7) is 0.851. The van der Waals surface area contributed by atoms with Crippen LogP contribution in [0.4, 0.5) is 0 Å². The van der Waals surface area contributed by atoms with E-state index in [1.54, 1.807) is 0 Å². The molecule has 2 rings (SSSR count). The molecule has 13 heavy (non-hydrogen) atoms. The second kappa shape index (κ2) is 3.49. The largest absolute Gasteiger partial charge is 0.376 e. The lowest BCUT2D eigenvalue weighted by molar-refractivity contribution is 0.207. The molecule has 1 N–H and O–H groups in total. The highest BCUT2D eigenvalue weighted by Crippen LogP contribution is 2.04. The second-order valence-electron chi connectivity index (χ2n) is 2.97. The maximum absolute atomic E-state index is 8.99. The number of nitrogens with zero attached hydrogens (tertiary/aromatic N) is 2. The molecule has 0 saturated heterocycles. The smallest absolute Gasteiger partial charge is 0.119 e. The van der Waals surface area contributed by atoms with Crippen molar-refractivity contribution >= 4 is 0 Å². The van der Waals surface area contributed by atoms with Crippen molar-refractivity contribution in [3.05, 3.63) is 48.5 Å². The zero-order valence-corrected chi connectivity index (χ0v) is 7.30. The Morgan fingerprint density at radius 2 is 1.85 bits per heavy atom. The minimum absolute atomic E-state index is 0.0452. The molecule has 0 aliphatic rings. The van der Waals surface area contributed by atoms with Crippen molar-refractivity contribution in [2.45, 2.75) is 13.3 Å². The zero-order chi connectivity index (χ0) is 9.10. The summed E-state index contributed by atoms with van der Waals surface area (Å²) in [6, 6.07) is 7.93. The first kappa shape index (κ1) is 8.13. The lowest BCUT2D eigenvalue weighted by Crippen LogP contribution is -2.05. The van der Waals surface area contributed by atoms with E-state index in [1.165, 1.54) is 0 Å². The zero-order valence-electron chi connectivity index (χ0n) is 7.30. The molecule has 0 bridgehead atoms. The maximum atomic E-state index is 8.99. The van der Waals surface area contributed by atoms with E-state index in [2.05, 4.69) is 4.57 Å². The Morgan fingerprint density at radius 1 is 1.08 bits per heavy atom. The monoisotopic (exact) mass is 176 g/mol. The van der Waals surface area contributed by atoms with Crippen molar-refractivity contribution in [1.82, 2.24) is 9.13 Å². The van der Waals surface area contributed by atoms with Gasteiger partial charge in [-0.3, -0.25) is 0 Å². The molecule has 0 aromatic carbocycles. The molecule has 0 atom stereocenters. The molecule has 0 aliphatic heterocycles. The quantitative estimate of drug-likeness (QED) is 0.750. The van der Waals surface area contributed by atoms with Crippen molar-refractivity contribution in [3.63, 3.8) is 0 Å². The van der Waals surface area contributed by atoms with Gasteiger partial charge in [-0.2, -0.15) is 0 Å². The van der Waals surface area contributed by atoms with Crippen LogP contribution in [-0.4, -0.2) is 14.2 Å². The molecule has 3 nitrogen and oxygen atoms in total. The molecule has 0 unspecified atom stereocenters. The van der Waals surface area contributed by atoms with Crippen LogP contribution in [0, 0.1) is 0 Å². The molecular weight excluding hydrogens is 164 g/mol. The Kier molecular flexibility index (Phi) is 2.19. The van der Waals surface area contributed by atoms with Crippen LogP contribution in [0.3, 0.4) is 0 Å². The Bertz CT molecular complexity index is 362. The van der Waals surface area contributed by atoms with E-state index in [9.17, 15) is 0 Å². The molecular formula is C10H12N2O. The van der Waals surface area contributed by atoms with Gasteiger partial charge in [-0.05, 0) is 24.3 Å². The molecule has 0 fully saturated rings. The SMILES string of the molecule is OCn1cccc1Cn1cccc1. The maximum Gasteiger partial charge on any atom is 0.119 e. The number of aliphatic hydroxyl groups is 1. The van der Waals surface area contributed by atoms with Crippen LogP contribution in [0.2, 0.25) is 0 Å². The van der Waals surface area contributed by atoms with Gasteiger partial charge in [-0.15, -0.1) is 0 Å². The first-order valence-corrected chi connectivity index (χ1v) is 4.26. The number of aliphatic hydroxyl groups excluding tert-OH is 1. The highest BCUT2D eigenvalue weighted by Gasteiger charge is 1.98. The molecule has 2 aromatic rings. The standard InChI is InChI=1S/C10H12N2O/c13-9-12-7-3-4-10(12)8-11-5-1-2-6-11/h1-7,13H,8-9H2. The first-order valence-electron chi connectivity index (χ1n) is 4.26. The van der Waals surface area contributed by atoms with Crippen molar-refractivity contribution < 1.29 is 5.11 Å². The minimum atomic E-state index is 0.0452. The van der Waals surface area contributed by atoms with E-state index in [-0.39, 0.29) is 6.73 Å². The second-order valence-corrected chi connectivity index (χ2v) is 2.97. The highest BCUT2D eigenvalue weighted by atomic mass is 16.3. The fourth-order valence-electron chi connectivity index (χ4n) is 1.39. The van der Waals surface area contributed by atoms with Gasteiger partial charge in [0, 0.05) is 24.3 Å². The summed E-state index contributed by atoms with van der Waals surface area (Å²) in [6.07, 6.45) is 5.89. The topological polar surface area (TPSA) is 30.1 Å². The summed E-state index contributed by atoms with van der Waals surface area (Å²) in [5.74, 6) is 0. The number of rotatable bonds is 3. The normalized spacial score (nSPS) is 10.5. The van der Waals surface area contributed by atoms with E-state index in [4.69, 9.17) is 5.11 Å². The van der Waals surface area contributed by atoms with Gasteiger partial charge in [0.1, 0.15) is 6.73 Å². The van der Waals surface area contributed by atoms with Crippen molar-refractivity contribution in [2.75, 3.05) is 0 Å².